The zero-order valence-electron chi connectivity index (χ0n) is 14.2. The van der Waals surface area contributed by atoms with E-state index >= 15 is 0 Å². The van der Waals surface area contributed by atoms with Crippen molar-refractivity contribution >= 4 is 24.7 Å². The van der Waals surface area contributed by atoms with Crippen LogP contribution < -0.4 is 14.4 Å². The van der Waals surface area contributed by atoms with Gasteiger partial charge < -0.3 is 19.4 Å². The van der Waals surface area contributed by atoms with E-state index in [4.69, 9.17) is 9.47 Å². The number of anilines is 1. The lowest BCUT2D eigenvalue weighted by atomic mass is 10.1. The Morgan fingerprint density at radius 1 is 1.28 bits per heavy atom. The van der Waals surface area contributed by atoms with E-state index in [0.717, 1.165) is 41.4 Å². The summed E-state index contributed by atoms with van der Waals surface area (Å²) in [5.41, 5.74) is 1.76. The number of ether oxygens (including phenoxy) is 2. The minimum absolute atomic E-state index is 0.253. The summed E-state index contributed by atoms with van der Waals surface area (Å²) in [5, 5.41) is 0. The van der Waals surface area contributed by atoms with E-state index in [9.17, 15) is 0 Å². The predicted octanol–water partition coefficient (Wildman–Crippen LogP) is 3.39. The van der Waals surface area contributed by atoms with Gasteiger partial charge in [0.15, 0.2) is 22.8 Å². The van der Waals surface area contributed by atoms with Crippen LogP contribution in [-0.2, 0) is 6.54 Å². The topological polar surface area (TPSA) is 62.7 Å². The van der Waals surface area contributed by atoms with E-state index in [1.165, 1.54) is 12.8 Å². The molecule has 2 aromatic rings. The van der Waals surface area contributed by atoms with E-state index in [2.05, 4.69) is 38.6 Å². The summed E-state index contributed by atoms with van der Waals surface area (Å²) in [7, 11) is 1.68. The maximum Gasteiger partial charge on any atom is 0.167 e. The third-order valence-corrected chi connectivity index (χ3v) is 5.12. The zero-order valence-corrected chi connectivity index (χ0v) is 15.1. The molecule has 0 bridgehead atoms. The molecular weight excluding hydrogens is 336 g/mol. The molecule has 1 aromatic carbocycles. The van der Waals surface area contributed by atoms with Gasteiger partial charge in [-0.05, 0) is 43.4 Å². The molecule has 6 nitrogen and oxygen atoms in total. The number of imidazole rings is 1. The van der Waals surface area contributed by atoms with Crippen molar-refractivity contribution in [1.29, 1.82) is 0 Å². The Kier molecular flexibility index (Phi) is 4.57. The van der Waals surface area contributed by atoms with Crippen LogP contribution in [0.25, 0.3) is 0 Å². The van der Waals surface area contributed by atoms with Gasteiger partial charge in [0, 0.05) is 6.54 Å². The number of nitrogens with zero attached hydrogens (tertiary/aromatic N) is 3. The molecule has 1 saturated carbocycles. The number of H-pyrrole nitrogens is 1. The van der Waals surface area contributed by atoms with Crippen molar-refractivity contribution in [3.05, 3.63) is 35.8 Å². The van der Waals surface area contributed by atoms with Gasteiger partial charge in [0.2, 0.25) is 0 Å². The summed E-state index contributed by atoms with van der Waals surface area (Å²) < 4.78 is 11.7. The molecule has 0 saturated heterocycles. The van der Waals surface area contributed by atoms with Crippen molar-refractivity contribution in [3.63, 3.8) is 0 Å². The van der Waals surface area contributed by atoms with Crippen molar-refractivity contribution in [2.75, 3.05) is 12.0 Å². The lowest BCUT2D eigenvalue weighted by Crippen LogP contribution is -2.33. The third kappa shape index (κ3) is 3.33. The Labute approximate surface area is 152 Å². The minimum Gasteiger partial charge on any atom is -0.493 e. The van der Waals surface area contributed by atoms with Gasteiger partial charge in [-0.1, -0.05) is 6.07 Å². The quantitative estimate of drug-likeness (QED) is 0.804. The highest BCUT2D eigenvalue weighted by atomic mass is 32.1. The van der Waals surface area contributed by atoms with E-state index in [0.29, 0.717) is 12.6 Å². The summed E-state index contributed by atoms with van der Waals surface area (Å²) in [6, 6.07) is 6.07. The van der Waals surface area contributed by atoms with E-state index in [1.54, 1.807) is 19.7 Å². The van der Waals surface area contributed by atoms with Gasteiger partial charge in [0.05, 0.1) is 25.8 Å². The molecule has 2 aliphatic rings. The standard InChI is InChI=1S/C18H22N4O2S/c1-23-15-7-6-12(8-16(15)24-13-4-2-3-5-13)10-22-17-14(20-11-21-17)9-19-18(22)25/h6-9,11,13,18,25H,2-5,10H2,1H3,(H,20,21). The average Bonchev–Trinajstić information content (AvgIpc) is 3.29. The number of rotatable bonds is 5. The number of methoxy groups -OCH3 is 1. The first-order valence-electron chi connectivity index (χ1n) is 8.59. The molecule has 1 aliphatic carbocycles. The second-order valence-electron chi connectivity index (χ2n) is 6.40. The normalized spacial score (nSPS) is 19.9. The average molecular weight is 358 g/mol. The predicted molar refractivity (Wildman–Crippen MR) is 101 cm³/mol. The van der Waals surface area contributed by atoms with E-state index < -0.39 is 0 Å². The van der Waals surface area contributed by atoms with Crippen molar-refractivity contribution < 1.29 is 9.47 Å². The minimum atomic E-state index is -0.253. The Hall–Kier alpha value is -2.15. The fourth-order valence-electron chi connectivity index (χ4n) is 3.40. The van der Waals surface area contributed by atoms with E-state index in [-0.39, 0.29) is 5.50 Å². The number of thiol groups is 1. The largest absolute Gasteiger partial charge is 0.493 e. The Morgan fingerprint density at radius 2 is 2.12 bits per heavy atom. The van der Waals surface area contributed by atoms with E-state index in [1.807, 2.05) is 12.1 Å². The molecule has 7 heteroatoms. The van der Waals surface area contributed by atoms with Crippen LogP contribution in [0.2, 0.25) is 0 Å². The highest BCUT2D eigenvalue weighted by Gasteiger charge is 2.24. The summed E-state index contributed by atoms with van der Waals surface area (Å²) in [6.45, 7) is 0.647. The number of aliphatic imine (C=N–C) groups is 1. The van der Waals surface area contributed by atoms with Crippen LogP contribution in [0.4, 0.5) is 5.82 Å². The number of hydrogen-bond donors (Lipinski definition) is 2. The monoisotopic (exact) mass is 358 g/mol. The molecule has 0 radical (unpaired) electrons. The van der Waals surface area contributed by atoms with Crippen LogP contribution in [0.1, 0.15) is 36.9 Å². The second-order valence-corrected chi connectivity index (χ2v) is 6.86. The molecule has 4 rings (SSSR count). The maximum atomic E-state index is 6.19. The molecule has 1 aromatic heterocycles. The smallest absolute Gasteiger partial charge is 0.167 e. The fourth-order valence-corrected chi connectivity index (χ4v) is 3.66. The summed E-state index contributed by atoms with van der Waals surface area (Å²) in [6.07, 6.45) is 8.45. The highest BCUT2D eigenvalue weighted by molar-refractivity contribution is 7.81. The third-order valence-electron chi connectivity index (χ3n) is 4.71. The zero-order chi connectivity index (χ0) is 17.2. The lowest BCUT2D eigenvalue weighted by molar-refractivity contribution is 0.200. The number of hydrogen-bond acceptors (Lipinski definition) is 6. The van der Waals surface area contributed by atoms with Gasteiger partial charge in [0.1, 0.15) is 5.69 Å². The van der Waals surface area contributed by atoms with Crippen LogP contribution in [0, 0.1) is 0 Å². The summed E-state index contributed by atoms with van der Waals surface area (Å²) in [5.74, 6) is 2.45. The van der Waals surface area contributed by atoms with Crippen molar-refractivity contribution in [3.8, 4) is 11.5 Å². The molecule has 1 aliphatic heterocycles. The summed E-state index contributed by atoms with van der Waals surface area (Å²) in [4.78, 5) is 13.9. The van der Waals surface area contributed by atoms with Gasteiger partial charge >= 0.3 is 0 Å². The Balaban J connectivity index is 1.57. The molecule has 132 valence electrons. The molecule has 1 fully saturated rings. The molecular formula is C18H22N4O2S. The molecule has 1 unspecified atom stereocenters. The van der Waals surface area contributed by atoms with Crippen molar-refractivity contribution in [2.24, 2.45) is 4.99 Å². The fraction of sp³-hybridized carbons (Fsp3) is 0.444. The van der Waals surface area contributed by atoms with Gasteiger partial charge in [-0.3, -0.25) is 4.99 Å². The van der Waals surface area contributed by atoms with Crippen molar-refractivity contribution in [1.82, 2.24) is 9.97 Å². The first kappa shape index (κ1) is 16.3. The van der Waals surface area contributed by atoms with Gasteiger partial charge in [-0.2, -0.15) is 0 Å². The van der Waals surface area contributed by atoms with Crippen molar-refractivity contribution in [2.45, 2.75) is 43.8 Å². The first-order valence-corrected chi connectivity index (χ1v) is 9.11. The SMILES string of the molecule is COc1ccc(CN2c3nc[nH]c3C=NC2S)cc1OC1CCCC1. The maximum absolute atomic E-state index is 6.19. The van der Waals surface area contributed by atoms with Crippen LogP contribution in [0.15, 0.2) is 29.5 Å². The molecule has 1 N–H and O–H groups in total. The highest BCUT2D eigenvalue weighted by Crippen LogP contribution is 2.34. The van der Waals surface area contributed by atoms with Crippen LogP contribution >= 0.6 is 12.6 Å². The molecule has 1 atom stereocenters. The second kappa shape index (κ2) is 7.00. The van der Waals surface area contributed by atoms with Gasteiger partial charge in [-0.15, -0.1) is 12.6 Å². The Bertz CT molecular complexity index is 770. The molecule has 2 heterocycles. The van der Waals surface area contributed by atoms with Crippen LogP contribution in [0.3, 0.4) is 0 Å². The first-order chi connectivity index (χ1) is 12.2. The Morgan fingerprint density at radius 3 is 2.92 bits per heavy atom. The molecule has 25 heavy (non-hydrogen) atoms. The van der Waals surface area contributed by atoms with Gasteiger partial charge in [-0.25, -0.2) is 4.98 Å². The molecule has 0 spiro atoms. The lowest BCUT2D eigenvalue weighted by Gasteiger charge is -2.29. The van der Waals surface area contributed by atoms with Gasteiger partial charge in [0.25, 0.3) is 0 Å². The van der Waals surface area contributed by atoms with Crippen LogP contribution in [-0.4, -0.2) is 34.9 Å². The number of nitrogens with one attached hydrogen (secondary N) is 1. The number of fused-ring (bicyclic) bond motifs is 1. The summed E-state index contributed by atoms with van der Waals surface area (Å²) >= 11 is 4.56. The number of aromatic amines is 1. The molecule has 0 amide bonds. The number of aromatic nitrogens is 2. The number of benzene rings is 1. The van der Waals surface area contributed by atoms with Crippen LogP contribution in [0.5, 0.6) is 11.5 Å².